The molecule has 1 aromatic carbocycles. The number of hydrogen-bond acceptors (Lipinski definition) is 4. The highest BCUT2D eigenvalue weighted by molar-refractivity contribution is 7.89. The molecule has 0 bridgehead atoms. The van der Waals surface area contributed by atoms with Crippen molar-refractivity contribution in [3.8, 4) is 0 Å². The van der Waals surface area contributed by atoms with E-state index >= 15 is 0 Å². The first kappa shape index (κ1) is 20.8. The number of amides is 1. The van der Waals surface area contributed by atoms with E-state index in [4.69, 9.17) is 0 Å². The van der Waals surface area contributed by atoms with Crippen LogP contribution in [0.25, 0.3) is 0 Å². The summed E-state index contributed by atoms with van der Waals surface area (Å²) in [4.78, 5) is 15.7. The van der Waals surface area contributed by atoms with Gasteiger partial charge in [0.05, 0.1) is 4.90 Å². The molecule has 160 valence electrons. The van der Waals surface area contributed by atoms with Gasteiger partial charge in [0.15, 0.2) is 0 Å². The van der Waals surface area contributed by atoms with Gasteiger partial charge in [-0.25, -0.2) is 8.42 Å². The number of nitrogens with zero attached hydrogens (tertiary/aromatic N) is 2. The van der Waals surface area contributed by atoms with Crippen LogP contribution in [0, 0.1) is 11.8 Å². The third-order valence-corrected chi connectivity index (χ3v) is 8.89. The van der Waals surface area contributed by atoms with Crippen molar-refractivity contribution in [2.45, 2.75) is 55.9 Å². The second-order valence-electron chi connectivity index (χ2n) is 8.74. The van der Waals surface area contributed by atoms with Gasteiger partial charge in [0.25, 0.3) is 0 Å². The quantitative estimate of drug-likeness (QED) is 0.796. The molecule has 3 aliphatic heterocycles. The zero-order valence-electron chi connectivity index (χ0n) is 17.1. The van der Waals surface area contributed by atoms with Crippen LogP contribution in [-0.2, 0) is 14.8 Å². The number of carbonyl (C=O) groups is 1. The van der Waals surface area contributed by atoms with Crippen LogP contribution in [0.4, 0.5) is 0 Å². The Labute approximate surface area is 174 Å². The molecule has 0 aliphatic carbocycles. The molecule has 4 rings (SSSR count). The van der Waals surface area contributed by atoms with Crippen molar-refractivity contribution in [2.24, 2.45) is 11.8 Å². The van der Waals surface area contributed by atoms with Crippen molar-refractivity contribution in [2.75, 3.05) is 32.7 Å². The first-order chi connectivity index (χ1) is 14.1. The normalized spacial score (nSPS) is 27.3. The van der Waals surface area contributed by atoms with Crippen molar-refractivity contribution >= 4 is 15.9 Å². The van der Waals surface area contributed by atoms with Gasteiger partial charge >= 0.3 is 0 Å². The summed E-state index contributed by atoms with van der Waals surface area (Å²) in [6, 6.07) is 9.20. The van der Waals surface area contributed by atoms with Crippen molar-refractivity contribution in [1.82, 2.24) is 14.5 Å². The van der Waals surface area contributed by atoms with Crippen LogP contribution in [0.3, 0.4) is 0 Å². The largest absolute Gasteiger partial charge is 0.356 e. The molecule has 1 amide bonds. The van der Waals surface area contributed by atoms with E-state index in [-0.39, 0.29) is 11.8 Å². The fraction of sp³-hybridized carbons (Fsp3) is 0.682. The lowest BCUT2D eigenvalue weighted by Crippen LogP contribution is -2.51. The maximum Gasteiger partial charge on any atom is 0.243 e. The molecule has 1 N–H and O–H groups in total. The molecule has 2 atom stereocenters. The third-order valence-electron chi connectivity index (χ3n) is 6.97. The predicted octanol–water partition coefficient (Wildman–Crippen LogP) is 2.47. The highest BCUT2D eigenvalue weighted by Crippen LogP contribution is 2.30. The van der Waals surface area contributed by atoms with Crippen molar-refractivity contribution in [3.63, 3.8) is 0 Å². The summed E-state index contributed by atoms with van der Waals surface area (Å²) in [5.74, 6) is 0.588. The minimum absolute atomic E-state index is 0.0803. The zero-order chi connectivity index (χ0) is 20.3. The van der Waals surface area contributed by atoms with Crippen LogP contribution >= 0.6 is 0 Å². The number of rotatable bonds is 5. The first-order valence-corrected chi connectivity index (χ1v) is 12.6. The van der Waals surface area contributed by atoms with E-state index in [1.165, 1.54) is 49.5 Å². The lowest BCUT2D eigenvalue weighted by atomic mass is 9.83. The van der Waals surface area contributed by atoms with Crippen molar-refractivity contribution in [3.05, 3.63) is 30.3 Å². The minimum atomic E-state index is -3.46. The Morgan fingerprint density at radius 2 is 1.66 bits per heavy atom. The van der Waals surface area contributed by atoms with Crippen LogP contribution in [0.15, 0.2) is 35.2 Å². The van der Waals surface area contributed by atoms with E-state index < -0.39 is 10.0 Å². The highest BCUT2D eigenvalue weighted by atomic mass is 32.2. The lowest BCUT2D eigenvalue weighted by Gasteiger charge is -2.44. The molecule has 2 unspecified atom stereocenters. The number of hydrogen-bond donors (Lipinski definition) is 1. The molecule has 0 radical (unpaired) electrons. The summed E-state index contributed by atoms with van der Waals surface area (Å²) >= 11 is 0. The summed E-state index contributed by atoms with van der Waals surface area (Å²) in [6.07, 6.45) is 7.49. The summed E-state index contributed by atoms with van der Waals surface area (Å²) in [7, 11) is -3.46. The van der Waals surface area contributed by atoms with Gasteiger partial charge in [0, 0.05) is 31.6 Å². The van der Waals surface area contributed by atoms with E-state index in [9.17, 15) is 13.2 Å². The van der Waals surface area contributed by atoms with Gasteiger partial charge in [-0.3, -0.25) is 4.79 Å². The molecule has 3 saturated heterocycles. The van der Waals surface area contributed by atoms with E-state index in [2.05, 4.69) is 10.2 Å². The number of fused-ring (bicyclic) bond motifs is 1. The molecule has 0 saturated carbocycles. The van der Waals surface area contributed by atoms with Gasteiger partial charge in [-0.05, 0) is 69.7 Å². The molecule has 3 heterocycles. The lowest BCUT2D eigenvalue weighted by molar-refractivity contribution is -0.126. The predicted molar refractivity (Wildman–Crippen MR) is 113 cm³/mol. The second kappa shape index (κ2) is 9.14. The summed E-state index contributed by atoms with van der Waals surface area (Å²) in [5.41, 5.74) is 0. The summed E-state index contributed by atoms with van der Waals surface area (Å²) < 4.78 is 27.0. The molecule has 0 aromatic heterocycles. The monoisotopic (exact) mass is 419 g/mol. The molecule has 29 heavy (non-hydrogen) atoms. The van der Waals surface area contributed by atoms with Gasteiger partial charge in [-0.15, -0.1) is 0 Å². The Morgan fingerprint density at radius 3 is 2.41 bits per heavy atom. The minimum Gasteiger partial charge on any atom is -0.356 e. The SMILES string of the molecule is O=C(NCC1CCCN2CCCCC12)C1CCN(S(=O)(=O)c2ccccc2)CC1. The van der Waals surface area contributed by atoms with E-state index in [1.807, 2.05) is 6.07 Å². The van der Waals surface area contributed by atoms with Crippen LogP contribution < -0.4 is 5.32 Å². The molecule has 3 fully saturated rings. The van der Waals surface area contributed by atoms with Crippen molar-refractivity contribution < 1.29 is 13.2 Å². The molecular weight excluding hydrogens is 386 g/mol. The number of sulfonamides is 1. The maximum absolute atomic E-state index is 12.8. The van der Waals surface area contributed by atoms with Gasteiger partial charge in [0.2, 0.25) is 15.9 Å². The average molecular weight is 420 g/mol. The number of benzene rings is 1. The fourth-order valence-corrected chi connectivity index (χ4v) is 6.78. The van der Waals surface area contributed by atoms with Gasteiger partial charge in [-0.2, -0.15) is 4.31 Å². The molecular formula is C22H33N3O3S. The summed E-state index contributed by atoms with van der Waals surface area (Å²) in [6.45, 7) is 4.01. The molecule has 3 aliphatic rings. The molecule has 0 spiro atoms. The number of nitrogens with one attached hydrogen (secondary N) is 1. The van der Waals surface area contributed by atoms with E-state index in [0.717, 1.165) is 6.54 Å². The topological polar surface area (TPSA) is 69.7 Å². The first-order valence-electron chi connectivity index (χ1n) is 11.1. The van der Waals surface area contributed by atoms with Crippen LogP contribution in [0.5, 0.6) is 0 Å². The van der Waals surface area contributed by atoms with E-state index in [1.54, 1.807) is 24.3 Å². The molecule has 7 heteroatoms. The van der Waals surface area contributed by atoms with Crippen LogP contribution in [-0.4, -0.2) is 62.3 Å². The Morgan fingerprint density at radius 1 is 0.931 bits per heavy atom. The van der Waals surface area contributed by atoms with Gasteiger partial charge in [-0.1, -0.05) is 24.6 Å². The standard InChI is InChI=1S/C22H33N3O3S/c26-22(23-17-19-7-6-14-24-13-5-4-10-21(19)24)18-11-15-25(16-12-18)29(27,28)20-8-2-1-3-9-20/h1-3,8-9,18-19,21H,4-7,10-17H2,(H,23,26). The fourth-order valence-electron chi connectivity index (χ4n) is 5.29. The average Bonchev–Trinajstić information content (AvgIpc) is 2.78. The molecule has 6 nitrogen and oxygen atoms in total. The third kappa shape index (κ3) is 4.67. The number of carbonyl (C=O) groups excluding carboxylic acids is 1. The van der Waals surface area contributed by atoms with Crippen LogP contribution in [0.2, 0.25) is 0 Å². The smallest absolute Gasteiger partial charge is 0.243 e. The van der Waals surface area contributed by atoms with E-state index in [0.29, 0.717) is 42.8 Å². The Kier molecular flexibility index (Phi) is 6.56. The van der Waals surface area contributed by atoms with Crippen molar-refractivity contribution in [1.29, 1.82) is 0 Å². The van der Waals surface area contributed by atoms with Gasteiger partial charge < -0.3 is 10.2 Å². The van der Waals surface area contributed by atoms with Crippen LogP contribution in [0.1, 0.15) is 44.9 Å². The highest BCUT2D eigenvalue weighted by Gasteiger charge is 2.35. The second-order valence-corrected chi connectivity index (χ2v) is 10.7. The maximum atomic E-state index is 12.8. The number of piperidine rings is 3. The van der Waals surface area contributed by atoms with Gasteiger partial charge in [0.1, 0.15) is 0 Å². The summed E-state index contributed by atoms with van der Waals surface area (Å²) in [5, 5.41) is 3.21. The molecule has 1 aromatic rings. The Balaban J connectivity index is 1.27. The Bertz CT molecular complexity index is 789. The zero-order valence-corrected chi connectivity index (χ0v) is 17.9. The Hall–Kier alpha value is -1.44.